The molecular weight excluding hydrogens is 214 g/mol. The van der Waals surface area contributed by atoms with E-state index in [0.29, 0.717) is 5.75 Å². The average Bonchev–Trinajstić information content (AvgIpc) is 2.33. The van der Waals surface area contributed by atoms with Gasteiger partial charge >= 0.3 is 0 Å². The molecule has 0 saturated carbocycles. The predicted octanol–water partition coefficient (Wildman–Crippen LogP) is 2.18. The van der Waals surface area contributed by atoms with Gasteiger partial charge in [0.2, 0.25) is 0 Å². The standard InChI is InChI=1S/C14H19NO2/c1-15-8-6-14(7-9-15)5-4-11-2-3-12(16)10-13(11)17-14/h2-3,10,16H,4-9H2,1H3. The number of hydrogen-bond acceptors (Lipinski definition) is 3. The van der Waals surface area contributed by atoms with E-state index in [9.17, 15) is 5.11 Å². The quantitative estimate of drug-likeness (QED) is 0.745. The molecule has 2 aliphatic rings. The molecule has 0 aromatic heterocycles. The van der Waals surface area contributed by atoms with E-state index >= 15 is 0 Å². The summed E-state index contributed by atoms with van der Waals surface area (Å²) in [6.07, 6.45) is 4.37. The summed E-state index contributed by atoms with van der Waals surface area (Å²) in [5.74, 6) is 1.19. The molecule has 0 amide bonds. The SMILES string of the molecule is CN1CCC2(CCc3ccc(O)cc3O2)CC1. The summed E-state index contributed by atoms with van der Waals surface area (Å²) < 4.78 is 6.20. The number of aromatic hydroxyl groups is 1. The Bertz CT molecular complexity index is 422. The van der Waals surface area contributed by atoms with E-state index < -0.39 is 0 Å². The number of benzene rings is 1. The minimum absolute atomic E-state index is 0.0211. The summed E-state index contributed by atoms with van der Waals surface area (Å²) in [6.45, 7) is 2.21. The molecular formula is C14H19NO2. The molecule has 1 N–H and O–H groups in total. The largest absolute Gasteiger partial charge is 0.508 e. The summed E-state index contributed by atoms with van der Waals surface area (Å²) in [5, 5.41) is 9.53. The number of hydrogen-bond donors (Lipinski definition) is 1. The van der Waals surface area contributed by atoms with Gasteiger partial charge in [-0.15, -0.1) is 0 Å². The van der Waals surface area contributed by atoms with Gasteiger partial charge in [0.05, 0.1) is 0 Å². The lowest BCUT2D eigenvalue weighted by Gasteiger charge is -2.43. The molecule has 1 saturated heterocycles. The Morgan fingerprint density at radius 2 is 2.00 bits per heavy atom. The number of piperidine rings is 1. The van der Waals surface area contributed by atoms with Crippen LogP contribution in [-0.2, 0) is 6.42 Å². The van der Waals surface area contributed by atoms with Crippen LogP contribution < -0.4 is 4.74 Å². The number of ether oxygens (including phenoxy) is 1. The summed E-state index contributed by atoms with van der Waals surface area (Å²) in [6, 6.07) is 5.48. The molecule has 0 atom stereocenters. The second kappa shape index (κ2) is 3.91. The van der Waals surface area contributed by atoms with Gasteiger partial charge in [0.1, 0.15) is 17.1 Å². The molecule has 3 nitrogen and oxygen atoms in total. The van der Waals surface area contributed by atoms with Crippen molar-refractivity contribution in [3.8, 4) is 11.5 Å². The topological polar surface area (TPSA) is 32.7 Å². The van der Waals surface area contributed by atoms with Crippen LogP contribution in [0.4, 0.5) is 0 Å². The van der Waals surface area contributed by atoms with Crippen molar-refractivity contribution in [3.63, 3.8) is 0 Å². The van der Waals surface area contributed by atoms with Gasteiger partial charge in [-0.2, -0.15) is 0 Å². The van der Waals surface area contributed by atoms with Gasteiger partial charge in [-0.25, -0.2) is 0 Å². The maximum atomic E-state index is 9.53. The molecule has 0 radical (unpaired) electrons. The minimum atomic E-state index is 0.0211. The zero-order valence-electron chi connectivity index (χ0n) is 10.3. The summed E-state index contributed by atoms with van der Waals surface area (Å²) in [4.78, 5) is 2.35. The van der Waals surface area contributed by atoms with E-state index in [1.165, 1.54) is 5.56 Å². The lowest BCUT2D eigenvalue weighted by molar-refractivity contribution is -0.00889. The van der Waals surface area contributed by atoms with Crippen LogP contribution in [0.1, 0.15) is 24.8 Å². The first-order valence-corrected chi connectivity index (χ1v) is 6.36. The van der Waals surface area contributed by atoms with Crippen molar-refractivity contribution in [3.05, 3.63) is 23.8 Å². The average molecular weight is 233 g/mol. The molecule has 1 aromatic rings. The first kappa shape index (κ1) is 10.9. The van der Waals surface area contributed by atoms with Gasteiger partial charge < -0.3 is 14.7 Å². The second-order valence-corrected chi connectivity index (χ2v) is 5.38. The monoisotopic (exact) mass is 233 g/mol. The number of phenolic OH excluding ortho intramolecular Hbond substituents is 1. The van der Waals surface area contributed by atoms with Gasteiger partial charge in [0.25, 0.3) is 0 Å². The van der Waals surface area contributed by atoms with E-state index in [2.05, 4.69) is 11.9 Å². The fourth-order valence-electron chi connectivity index (χ4n) is 2.87. The Kier molecular flexibility index (Phi) is 2.51. The molecule has 0 bridgehead atoms. The van der Waals surface area contributed by atoms with Crippen LogP contribution in [0, 0.1) is 0 Å². The van der Waals surface area contributed by atoms with Gasteiger partial charge in [-0.05, 0) is 44.4 Å². The predicted molar refractivity (Wildman–Crippen MR) is 66.5 cm³/mol. The Balaban J connectivity index is 1.84. The lowest BCUT2D eigenvalue weighted by atomic mass is 9.83. The third kappa shape index (κ3) is 2.00. The fourth-order valence-corrected chi connectivity index (χ4v) is 2.87. The molecule has 0 aliphatic carbocycles. The molecule has 92 valence electrons. The van der Waals surface area contributed by atoms with E-state index in [0.717, 1.165) is 44.5 Å². The van der Waals surface area contributed by atoms with Crippen molar-refractivity contribution in [2.75, 3.05) is 20.1 Å². The third-order valence-corrected chi connectivity index (χ3v) is 4.13. The minimum Gasteiger partial charge on any atom is -0.508 e. The number of aryl methyl sites for hydroxylation is 1. The van der Waals surface area contributed by atoms with Crippen molar-refractivity contribution in [1.82, 2.24) is 4.90 Å². The molecule has 2 aliphatic heterocycles. The van der Waals surface area contributed by atoms with Crippen LogP contribution in [0.25, 0.3) is 0 Å². The van der Waals surface area contributed by atoms with Crippen LogP contribution >= 0.6 is 0 Å². The van der Waals surface area contributed by atoms with Gasteiger partial charge in [0, 0.05) is 19.2 Å². The zero-order valence-corrected chi connectivity index (χ0v) is 10.3. The summed E-state index contributed by atoms with van der Waals surface area (Å²) in [7, 11) is 2.16. The van der Waals surface area contributed by atoms with E-state index in [4.69, 9.17) is 4.74 Å². The number of fused-ring (bicyclic) bond motifs is 1. The van der Waals surface area contributed by atoms with Crippen LogP contribution in [0.3, 0.4) is 0 Å². The van der Waals surface area contributed by atoms with Crippen LogP contribution in [-0.4, -0.2) is 35.7 Å². The molecule has 3 rings (SSSR count). The van der Waals surface area contributed by atoms with Gasteiger partial charge in [0.15, 0.2) is 0 Å². The smallest absolute Gasteiger partial charge is 0.127 e. The molecule has 1 fully saturated rings. The molecule has 17 heavy (non-hydrogen) atoms. The number of rotatable bonds is 0. The first-order valence-electron chi connectivity index (χ1n) is 6.36. The number of likely N-dealkylation sites (tertiary alicyclic amines) is 1. The number of phenols is 1. The van der Waals surface area contributed by atoms with Crippen LogP contribution in [0.2, 0.25) is 0 Å². The van der Waals surface area contributed by atoms with Crippen molar-refractivity contribution in [2.45, 2.75) is 31.3 Å². The van der Waals surface area contributed by atoms with E-state index in [-0.39, 0.29) is 5.60 Å². The Morgan fingerprint density at radius 3 is 2.76 bits per heavy atom. The summed E-state index contributed by atoms with van der Waals surface area (Å²) >= 11 is 0. The van der Waals surface area contributed by atoms with E-state index in [1.54, 1.807) is 12.1 Å². The highest BCUT2D eigenvalue weighted by Crippen LogP contribution is 2.40. The van der Waals surface area contributed by atoms with Crippen molar-refractivity contribution in [2.24, 2.45) is 0 Å². The van der Waals surface area contributed by atoms with Crippen molar-refractivity contribution < 1.29 is 9.84 Å². The Hall–Kier alpha value is -1.22. The fraction of sp³-hybridized carbons (Fsp3) is 0.571. The highest BCUT2D eigenvalue weighted by atomic mass is 16.5. The normalized spacial score (nSPS) is 23.1. The molecule has 0 unspecified atom stereocenters. The summed E-state index contributed by atoms with van der Waals surface area (Å²) in [5.41, 5.74) is 1.25. The van der Waals surface area contributed by atoms with Gasteiger partial charge in [-0.3, -0.25) is 0 Å². The van der Waals surface area contributed by atoms with Crippen LogP contribution in [0.5, 0.6) is 11.5 Å². The van der Waals surface area contributed by atoms with Crippen LogP contribution in [0.15, 0.2) is 18.2 Å². The third-order valence-electron chi connectivity index (χ3n) is 4.13. The zero-order chi connectivity index (χ0) is 11.9. The Labute approximate surface area is 102 Å². The van der Waals surface area contributed by atoms with Crippen molar-refractivity contribution in [1.29, 1.82) is 0 Å². The highest BCUT2D eigenvalue weighted by Gasteiger charge is 2.38. The maximum Gasteiger partial charge on any atom is 0.127 e. The molecule has 1 aromatic carbocycles. The molecule has 1 spiro atoms. The number of nitrogens with zero attached hydrogens (tertiary/aromatic N) is 1. The lowest BCUT2D eigenvalue weighted by Crippen LogP contribution is -2.48. The van der Waals surface area contributed by atoms with E-state index in [1.807, 2.05) is 6.07 Å². The molecule has 3 heteroatoms. The highest BCUT2D eigenvalue weighted by molar-refractivity contribution is 5.42. The molecule has 2 heterocycles. The van der Waals surface area contributed by atoms with Gasteiger partial charge in [-0.1, -0.05) is 6.07 Å². The second-order valence-electron chi connectivity index (χ2n) is 5.38. The maximum absolute atomic E-state index is 9.53. The van der Waals surface area contributed by atoms with Crippen molar-refractivity contribution >= 4 is 0 Å². The Morgan fingerprint density at radius 1 is 1.24 bits per heavy atom. The first-order chi connectivity index (χ1) is 8.17.